The van der Waals surface area contributed by atoms with Crippen LogP contribution in [0, 0.1) is 6.92 Å². The molecule has 1 saturated carbocycles. The van der Waals surface area contributed by atoms with E-state index in [1.165, 1.54) is 12.8 Å². The second-order valence-electron chi connectivity index (χ2n) is 4.96. The van der Waals surface area contributed by atoms with E-state index in [2.05, 4.69) is 5.32 Å². The number of hydrogen-bond donors (Lipinski definition) is 1. The predicted octanol–water partition coefficient (Wildman–Crippen LogP) is 1.45. The van der Waals surface area contributed by atoms with Gasteiger partial charge in [-0.2, -0.15) is 0 Å². The Labute approximate surface area is 108 Å². The zero-order chi connectivity index (χ0) is 13.0. The Kier molecular flexibility index (Phi) is 4.55. The molecule has 0 unspecified atom stereocenters. The molecule has 1 aromatic heterocycles. The van der Waals surface area contributed by atoms with Gasteiger partial charge in [0.1, 0.15) is 0 Å². The van der Waals surface area contributed by atoms with E-state index in [0.717, 1.165) is 24.2 Å². The van der Waals surface area contributed by atoms with Crippen molar-refractivity contribution in [1.29, 1.82) is 0 Å². The molecule has 0 spiro atoms. The minimum Gasteiger partial charge on any atom is -0.385 e. The van der Waals surface area contributed by atoms with Crippen LogP contribution >= 0.6 is 0 Å². The monoisotopic (exact) mass is 250 g/mol. The van der Waals surface area contributed by atoms with Crippen LogP contribution in [0.2, 0.25) is 0 Å². The molecule has 100 valence electrons. The average Bonchev–Trinajstić information content (AvgIpc) is 3.16. The van der Waals surface area contributed by atoms with Crippen molar-refractivity contribution in [3.8, 4) is 0 Å². The van der Waals surface area contributed by atoms with E-state index in [0.29, 0.717) is 19.2 Å². The highest BCUT2D eigenvalue weighted by atomic mass is 16.5. The normalized spacial score (nSPS) is 15.0. The van der Waals surface area contributed by atoms with E-state index >= 15 is 0 Å². The van der Waals surface area contributed by atoms with Gasteiger partial charge >= 0.3 is 0 Å². The van der Waals surface area contributed by atoms with Gasteiger partial charge in [-0.05, 0) is 32.3 Å². The zero-order valence-corrected chi connectivity index (χ0v) is 11.2. The van der Waals surface area contributed by atoms with E-state index in [9.17, 15) is 4.79 Å². The van der Waals surface area contributed by atoms with Gasteiger partial charge in [-0.15, -0.1) is 0 Å². The summed E-state index contributed by atoms with van der Waals surface area (Å²) in [5, 5.41) is 3.39. The van der Waals surface area contributed by atoms with Crippen molar-refractivity contribution in [2.75, 3.05) is 13.7 Å². The highest BCUT2D eigenvalue weighted by Gasteiger charge is 2.20. The third-order valence-corrected chi connectivity index (χ3v) is 3.36. The first-order valence-corrected chi connectivity index (χ1v) is 6.64. The van der Waals surface area contributed by atoms with Crippen LogP contribution in [0.15, 0.2) is 16.9 Å². The molecular formula is C14H22N2O2. The molecule has 0 aromatic carbocycles. The molecule has 0 radical (unpaired) electrons. The molecule has 0 amide bonds. The first kappa shape index (κ1) is 13.3. The minimum absolute atomic E-state index is 0.138. The molecule has 0 atom stereocenters. The summed E-state index contributed by atoms with van der Waals surface area (Å²) in [5.74, 6) is 0. The van der Waals surface area contributed by atoms with Crippen LogP contribution in [-0.2, 0) is 17.8 Å². The van der Waals surface area contributed by atoms with Crippen LogP contribution in [0.3, 0.4) is 0 Å². The lowest BCUT2D eigenvalue weighted by Gasteiger charge is -2.12. The summed E-state index contributed by atoms with van der Waals surface area (Å²) in [5.41, 5.74) is 2.02. The van der Waals surface area contributed by atoms with Crippen LogP contribution in [0.1, 0.15) is 30.5 Å². The largest absolute Gasteiger partial charge is 0.385 e. The summed E-state index contributed by atoms with van der Waals surface area (Å²) < 4.78 is 6.88. The number of methoxy groups -OCH3 is 1. The second-order valence-corrected chi connectivity index (χ2v) is 4.96. The Hall–Kier alpha value is -1.13. The minimum atomic E-state index is 0.138. The molecule has 2 rings (SSSR count). The molecule has 18 heavy (non-hydrogen) atoms. The maximum atomic E-state index is 12.3. The van der Waals surface area contributed by atoms with E-state index < -0.39 is 0 Å². The fourth-order valence-electron chi connectivity index (χ4n) is 2.04. The number of ether oxygens (including phenoxy) is 1. The van der Waals surface area contributed by atoms with Crippen molar-refractivity contribution in [3.63, 3.8) is 0 Å². The van der Waals surface area contributed by atoms with E-state index in [-0.39, 0.29) is 5.56 Å². The third kappa shape index (κ3) is 3.43. The third-order valence-electron chi connectivity index (χ3n) is 3.36. The molecule has 0 bridgehead atoms. The number of nitrogens with zero attached hydrogens (tertiary/aromatic N) is 1. The van der Waals surface area contributed by atoms with Crippen molar-refractivity contribution in [2.24, 2.45) is 0 Å². The molecule has 1 aliphatic rings. The Morgan fingerprint density at radius 2 is 2.22 bits per heavy atom. The molecule has 4 nitrogen and oxygen atoms in total. The number of nitrogens with one attached hydrogen (secondary N) is 1. The molecule has 0 aliphatic heterocycles. The van der Waals surface area contributed by atoms with Gasteiger partial charge < -0.3 is 14.6 Å². The molecule has 1 aromatic rings. The summed E-state index contributed by atoms with van der Waals surface area (Å²) in [6, 6.07) is 4.60. The standard InChI is InChI=1S/C14H22N2O2/c1-11-4-5-12(10-15-13-6-7-13)14(17)16(11)8-3-9-18-2/h4-5,13,15H,3,6-10H2,1-2H3. The van der Waals surface area contributed by atoms with Crippen LogP contribution in [-0.4, -0.2) is 24.3 Å². The molecule has 4 heteroatoms. The van der Waals surface area contributed by atoms with Crippen molar-refractivity contribution >= 4 is 0 Å². The van der Waals surface area contributed by atoms with Crippen LogP contribution in [0.25, 0.3) is 0 Å². The SMILES string of the molecule is COCCCn1c(C)ccc(CNC2CC2)c1=O. The Morgan fingerprint density at radius 1 is 1.44 bits per heavy atom. The van der Waals surface area contributed by atoms with Gasteiger partial charge in [0.2, 0.25) is 0 Å². The summed E-state index contributed by atoms with van der Waals surface area (Å²) >= 11 is 0. The highest BCUT2D eigenvalue weighted by Crippen LogP contribution is 2.18. The topological polar surface area (TPSA) is 43.3 Å². The Morgan fingerprint density at radius 3 is 2.89 bits per heavy atom. The maximum absolute atomic E-state index is 12.3. The lowest BCUT2D eigenvalue weighted by Crippen LogP contribution is -2.29. The lowest BCUT2D eigenvalue weighted by molar-refractivity contribution is 0.189. The summed E-state index contributed by atoms with van der Waals surface area (Å²) in [6.07, 6.45) is 3.36. The van der Waals surface area contributed by atoms with Gasteiger partial charge in [-0.25, -0.2) is 0 Å². The lowest BCUT2D eigenvalue weighted by atomic mass is 10.2. The van der Waals surface area contributed by atoms with Crippen LogP contribution in [0.4, 0.5) is 0 Å². The van der Waals surface area contributed by atoms with Crippen molar-refractivity contribution < 1.29 is 4.74 Å². The summed E-state index contributed by atoms with van der Waals surface area (Å²) in [7, 11) is 1.69. The van der Waals surface area contributed by atoms with Crippen LogP contribution < -0.4 is 10.9 Å². The number of aromatic nitrogens is 1. The van der Waals surface area contributed by atoms with E-state index in [1.54, 1.807) is 7.11 Å². The van der Waals surface area contributed by atoms with Gasteiger partial charge in [0.25, 0.3) is 5.56 Å². The van der Waals surface area contributed by atoms with Crippen molar-refractivity contribution in [2.45, 2.75) is 45.3 Å². The fourth-order valence-corrected chi connectivity index (χ4v) is 2.04. The van der Waals surface area contributed by atoms with Crippen LogP contribution in [0.5, 0.6) is 0 Å². The number of rotatable bonds is 7. The first-order valence-electron chi connectivity index (χ1n) is 6.64. The van der Waals surface area contributed by atoms with Gasteiger partial charge in [-0.1, -0.05) is 6.07 Å². The second kappa shape index (κ2) is 6.16. The van der Waals surface area contributed by atoms with Crippen molar-refractivity contribution in [1.82, 2.24) is 9.88 Å². The maximum Gasteiger partial charge on any atom is 0.255 e. The van der Waals surface area contributed by atoms with E-state index in [4.69, 9.17) is 4.74 Å². The number of aryl methyl sites for hydroxylation is 1. The molecule has 1 heterocycles. The smallest absolute Gasteiger partial charge is 0.255 e. The summed E-state index contributed by atoms with van der Waals surface area (Å²) in [4.78, 5) is 12.3. The zero-order valence-electron chi connectivity index (χ0n) is 11.2. The van der Waals surface area contributed by atoms with Gasteiger partial charge in [-0.3, -0.25) is 4.79 Å². The Bertz CT molecular complexity index is 450. The Balaban J connectivity index is 2.05. The number of pyridine rings is 1. The molecule has 1 fully saturated rings. The van der Waals surface area contributed by atoms with E-state index in [1.807, 2.05) is 23.6 Å². The van der Waals surface area contributed by atoms with Gasteiger partial charge in [0.15, 0.2) is 0 Å². The first-order chi connectivity index (χ1) is 8.72. The summed E-state index contributed by atoms with van der Waals surface area (Å²) in [6.45, 7) is 4.09. The fraction of sp³-hybridized carbons (Fsp3) is 0.643. The highest BCUT2D eigenvalue weighted by molar-refractivity contribution is 5.15. The molecule has 0 saturated heterocycles. The predicted molar refractivity (Wildman–Crippen MR) is 71.8 cm³/mol. The average molecular weight is 250 g/mol. The van der Waals surface area contributed by atoms with Gasteiger partial charge in [0, 0.05) is 44.1 Å². The quantitative estimate of drug-likeness (QED) is 0.745. The van der Waals surface area contributed by atoms with Crippen molar-refractivity contribution in [3.05, 3.63) is 33.7 Å². The van der Waals surface area contributed by atoms with Gasteiger partial charge in [0.05, 0.1) is 0 Å². The molecule has 1 N–H and O–H groups in total. The molecule has 1 aliphatic carbocycles. The number of hydrogen-bond acceptors (Lipinski definition) is 3. The molecular weight excluding hydrogens is 228 g/mol.